The van der Waals surface area contributed by atoms with Crippen LogP contribution in [0.1, 0.15) is 11.3 Å². The Morgan fingerprint density at radius 2 is 2.08 bits per heavy atom. The maximum Gasteiger partial charge on any atom is 0.250 e. The number of rotatable bonds is 0. The molecule has 0 N–H and O–H groups in total. The summed E-state index contributed by atoms with van der Waals surface area (Å²) in [7, 11) is 0. The molecule has 0 spiro atoms. The predicted octanol–water partition coefficient (Wildman–Crippen LogP) is 1.68. The Hall–Kier alpha value is -1.51. The molecule has 62 valence electrons. The van der Waals surface area contributed by atoms with Crippen molar-refractivity contribution in [2.45, 2.75) is 13.8 Å². The van der Waals surface area contributed by atoms with Crippen molar-refractivity contribution in [1.29, 1.82) is 0 Å². The van der Waals surface area contributed by atoms with E-state index in [1.807, 2.05) is 25.1 Å². The largest absolute Gasteiger partial charge is 0.366 e. The lowest BCUT2D eigenvalue weighted by Crippen LogP contribution is -2.25. The lowest BCUT2D eigenvalue weighted by atomic mass is 10.2. The molecule has 0 aliphatic carbocycles. The molecule has 3 heteroatoms. The maximum atomic E-state index is 11.0. The van der Waals surface area contributed by atoms with Crippen molar-refractivity contribution in [3.8, 4) is 0 Å². The summed E-state index contributed by atoms with van der Waals surface area (Å²) in [5, 5.41) is 11.9. The Morgan fingerprint density at radius 3 is 2.83 bits per heavy atom. The van der Waals surface area contributed by atoms with E-state index in [-0.39, 0.29) is 0 Å². The summed E-state index contributed by atoms with van der Waals surface area (Å²) in [6, 6.07) is 5.72. The van der Waals surface area contributed by atoms with Gasteiger partial charge >= 0.3 is 0 Å². The number of aryl methyl sites for hydroxylation is 2. The van der Waals surface area contributed by atoms with Gasteiger partial charge in [0.05, 0.1) is 11.0 Å². The summed E-state index contributed by atoms with van der Waals surface area (Å²) in [6.07, 6.45) is 0. The van der Waals surface area contributed by atoms with E-state index in [0.717, 1.165) is 10.9 Å². The van der Waals surface area contributed by atoms with Gasteiger partial charge in [0.2, 0.25) is 0 Å². The first-order chi connectivity index (χ1) is 5.68. The third-order valence-corrected chi connectivity index (χ3v) is 1.98. The molecule has 0 fully saturated rings. The van der Waals surface area contributed by atoms with Crippen LogP contribution in [0.25, 0.3) is 11.0 Å². The zero-order chi connectivity index (χ0) is 8.72. The number of nitrogens with zero attached hydrogens (tertiary/aromatic N) is 1. The molecule has 1 heterocycles. The van der Waals surface area contributed by atoms with E-state index in [2.05, 4.69) is 0 Å². The molecule has 0 atom stereocenters. The molecule has 0 amide bonds. The smallest absolute Gasteiger partial charge is 0.250 e. The van der Waals surface area contributed by atoms with Crippen molar-refractivity contribution >= 4 is 11.0 Å². The van der Waals surface area contributed by atoms with Crippen LogP contribution in [0.5, 0.6) is 0 Å². The fraction of sp³-hybridized carbons (Fsp3) is 0.222. The van der Waals surface area contributed by atoms with Gasteiger partial charge in [-0.25, -0.2) is 0 Å². The maximum absolute atomic E-state index is 11.0. The van der Waals surface area contributed by atoms with Crippen LogP contribution in [0.2, 0.25) is 0 Å². The topological polar surface area (TPSA) is 40.1 Å². The molecular weight excluding hydrogens is 154 g/mol. The normalized spacial score (nSPS) is 10.8. The first kappa shape index (κ1) is 7.16. The Labute approximate surface area is 69.8 Å². The van der Waals surface area contributed by atoms with Gasteiger partial charge in [-0.2, -0.15) is 0 Å². The minimum absolute atomic E-state index is 0.546. The third kappa shape index (κ3) is 0.863. The molecule has 0 saturated carbocycles. The minimum atomic E-state index is 0.546. The summed E-state index contributed by atoms with van der Waals surface area (Å²) in [6.45, 7) is 3.71. The molecule has 2 rings (SSSR count). The van der Waals surface area contributed by atoms with Crippen LogP contribution in [-0.4, -0.2) is 0 Å². The van der Waals surface area contributed by atoms with Crippen LogP contribution in [0.15, 0.2) is 22.7 Å². The molecule has 3 nitrogen and oxygen atoms in total. The molecule has 2 aromatic rings. The second-order valence-corrected chi connectivity index (χ2v) is 2.93. The molecule has 0 radical (unpaired) electrons. The van der Waals surface area contributed by atoms with Gasteiger partial charge in [0.25, 0.3) is 5.69 Å². The summed E-state index contributed by atoms with van der Waals surface area (Å²) < 4.78 is 4.94. The molecular formula is C9H9NO2. The van der Waals surface area contributed by atoms with Crippen molar-refractivity contribution in [3.63, 3.8) is 0 Å². The van der Waals surface area contributed by atoms with Crippen molar-refractivity contribution in [2.24, 2.45) is 0 Å². The third-order valence-electron chi connectivity index (χ3n) is 1.98. The second-order valence-electron chi connectivity index (χ2n) is 2.93. The summed E-state index contributed by atoms with van der Waals surface area (Å²) >= 11 is 0. The Balaban J connectivity index is 2.87. The average Bonchev–Trinajstić information content (AvgIpc) is 2.28. The van der Waals surface area contributed by atoms with Crippen LogP contribution in [0.4, 0.5) is 0 Å². The fourth-order valence-corrected chi connectivity index (χ4v) is 1.26. The summed E-state index contributed by atoms with van der Waals surface area (Å²) in [5.74, 6) is 0. The standard InChI is InChI=1S/C9H9NO2/c1-6-3-4-8-7(2)10(11)12-9(8)5-6/h3-5H,1-2H3. The van der Waals surface area contributed by atoms with Gasteiger partial charge in [-0.3, -0.25) is 5.21 Å². The average molecular weight is 163 g/mol. The number of hydrogen-bond acceptors (Lipinski definition) is 2. The number of aromatic nitrogens is 1. The van der Waals surface area contributed by atoms with Gasteiger partial charge in [-0.05, 0) is 24.6 Å². The first-order valence-electron chi connectivity index (χ1n) is 3.78. The second kappa shape index (κ2) is 2.24. The summed E-state index contributed by atoms with van der Waals surface area (Å²) in [4.78, 5) is 0.546. The monoisotopic (exact) mass is 163 g/mol. The van der Waals surface area contributed by atoms with Crippen LogP contribution >= 0.6 is 0 Å². The lowest BCUT2D eigenvalue weighted by Gasteiger charge is -1.89. The van der Waals surface area contributed by atoms with Gasteiger partial charge in [-0.15, -0.1) is 0 Å². The molecule has 0 unspecified atom stereocenters. The molecule has 1 aromatic carbocycles. The van der Waals surface area contributed by atoms with Crippen molar-refractivity contribution < 1.29 is 9.43 Å². The molecule has 0 bridgehead atoms. The van der Waals surface area contributed by atoms with Gasteiger partial charge < -0.3 is 4.52 Å². The van der Waals surface area contributed by atoms with Crippen LogP contribution < -0.4 is 4.90 Å². The Bertz CT molecular complexity index is 431. The molecule has 0 saturated heterocycles. The van der Waals surface area contributed by atoms with E-state index in [1.165, 1.54) is 0 Å². The van der Waals surface area contributed by atoms with E-state index < -0.39 is 0 Å². The summed E-state index contributed by atoms with van der Waals surface area (Å²) in [5.41, 5.74) is 2.37. The number of hydrogen-bond donors (Lipinski definition) is 0. The van der Waals surface area contributed by atoms with E-state index in [9.17, 15) is 5.21 Å². The highest BCUT2D eigenvalue weighted by Crippen LogP contribution is 2.17. The molecule has 1 aromatic heterocycles. The minimum Gasteiger partial charge on any atom is -0.366 e. The predicted molar refractivity (Wildman–Crippen MR) is 44.6 cm³/mol. The van der Waals surface area contributed by atoms with Crippen LogP contribution in [0.3, 0.4) is 0 Å². The van der Waals surface area contributed by atoms with E-state index >= 15 is 0 Å². The Kier molecular flexibility index (Phi) is 1.33. The zero-order valence-corrected chi connectivity index (χ0v) is 7.00. The van der Waals surface area contributed by atoms with Crippen molar-refractivity contribution in [1.82, 2.24) is 0 Å². The van der Waals surface area contributed by atoms with Crippen molar-refractivity contribution in [2.75, 3.05) is 0 Å². The highest BCUT2D eigenvalue weighted by Gasteiger charge is 2.09. The fourth-order valence-electron chi connectivity index (χ4n) is 1.26. The van der Waals surface area contributed by atoms with Gasteiger partial charge in [0, 0.05) is 11.8 Å². The highest BCUT2D eigenvalue weighted by molar-refractivity contribution is 5.78. The van der Waals surface area contributed by atoms with E-state index in [0.29, 0.717) is 16.2 Å². The molecule has 12 heavy (non-hydrogen) atoms. The van der Waals surface area contributed by atoms with E-state index in [1.54, 1.807) is 6.92 Å². The number of fused-ring (bicyclic) bond motifs is 1. The van der Waals surface area contributed by atoms with Gasteiger partial charge in [0.15, 0.2) is 0 Å². The van der Waals surface area contributed by atoms with Gasteiger partial charge in [0.1, 0.15) is 0 Å². The molecule has 0 aliphatic rings. The Morgan fingerprint density at radius 1 is 1.33 bits per heavy atom. The quantitative estimate of drug-likeness (QED) is 0.554. The van der Waals surface area contributed by atoms with Crippen LogP contribution in [0, 0.1) is 19.1 Å². The molecule has 0 aliphatic heterocycles. The van der Waals surface area contributed by atoms with E-state index in [4.69, 9.17) is 4.52 Å². The van der Waals surface area contributed by atoms with Gasteiger partial charge in [-0.1, -0.05) is 6.07 Å². The highest BCUT2D eigenvalue weighted by atomic mass is 16.7. The van der Waals surface area contributed by atoms with Crippen LogP contribution in [-0.2, 0) is 0 Å². The van der Waals surface area contributed by atoms with Crippen molar-refractivity contribution in [3.05, 3.63) is 34.7 Å². The number of benzene rings is 1. The zero-order valence-electron chi connectivity index (χ0n) is 7.00. The first-order valence-corrected chi connectivity index (χ1v) is 3.78. The lowest BCUT2D eigenvalue weighted by molar-refractivity contribution is -0.792. The SMILES string of the molecule is Cc1ccc2c(C)[n+]([O-])oc2c1.